The molecular formula is C27H23ClN4O3. The minimum atomic E-state index is -0.330. The molecular weight excluding hydrogens is 464 g/mol. The molecule has 7 nitrogen and oxygen atoms in total. The number of carbonyl (C=O) groups excluding carboxylic acids is 1. The van der Waals surface area contributed by atoms with Crippen molar-refractivity contribution in [3.63, 3.8) is 0 Å². The normalized spacial score (nSPS) is 18.7. The summed E-state index contributed by atoms with van der Waals surface area (Å²) in [7, 11) is 0. The highest BCUT2D eigenvalue weighted by Gasteiger charge is 2.43. The zero-order valence-corrected chi connectivity index (χ0v) is 20.1. The molecule has 0 unspecified atom stereocenters. The van der Waals surface area contributed by atoms with E-state index in [9.17, 15) is 4.79 Å². The number of carbonyl (C=O) groups is 1. The lowest BCUT2D eigenvalue weighted by Gasteiger charge is -2.37. The van der Waals surface area contributed by atoms with Crippen LogP contribution in [0.2, 0.25) is 5.02 Å². The third-order valence-electron chi connectivity index (χ3n) is 6.42. The highest BCUT2D eigenvalue weighted by molar-refractivity contribution is 6.30. The van der Waals surface area contributed by atoms with E-state index >= 15 is 0 Å². The Hall–Kier alpha value is -3.71. The van der Waals surface area contributed by atoms with Crippen molar-refractivity contribution < 1.29 is 14.3 Å². The van der Waals surface area contributed by atoms with E-state index in [4.69, 9.17) is 26.1 Å². The summed E-state index contributed by atoms with van der Waals surface area (Å²) >= 11 is 5.96. The Morgan fingerprint density at radius 1 is 1.11 bits per heavy atom. The van der Waals surface area contributed by atoms with Gasteiger partial charge in [0.05, 0.1) is 5.56 Å². The molecule has 0 fully saturated rings. The number of Topliss-reactive ketones (excluding diaryl/α,β-unsaturated/α-hetero) is 1. The molecule has 2 aromatic heterocycles. The number of hydrogen-bond donors (Lipinski definition) is 0. The predicted molar refractivity (Wildman–Crippen MR) is 131 cm³/mol. The van der Waals surface area contributed by atoms with E-state index in [1.165, 1.54) is 0 Å². The third-order valence-corrected chi connectivity index (χ3v) is 6.67. The molecule has 0 saturated heterocycles. The van der Waals surface area contributed by atoms with E-state index in [-0.39, 0.29) is 23.7 Å². The number of halogens is 1. The minimum Gasteiger partial charge on any atom is -0.486 e. The highest BCUT2D eigenvalue weighted by atomic mass is 35.5. The number of fused-ring (bicyclic) bond motifs is 3. The molecule has 0 saturated carbocycles. The van der Waals surface area contributed by atoms with Crippen LogP contribution in [-0.2, 0) is 11.4 Å². The molecule has 2 aliphatic rings. The monoisotopic (exact) mass is 486 g/mol. The number of ketones is 1. The fourth-order valence-corrected chi connectivity index (χ4v) is 5.03. The van der Waals surface area contributed by atoms with Crippen molar-refractivity contribution >= 4 is 23.0 Å². The van der Waals surface area contributed by atoms with Crippen LogP contribution >= 0.6 is 11.6 Å². The summed E-state index contributed by atoms with van der Waals surface area (Å²) in [5, 5.41) is 5.20. The smallest absolute Gasteiger partial charge is 0.228 e. The zero-order chi connectivity index (χ0) is 24.2. The summed E-state index contributed by atoms with van der Waals surface area (Å²) in [6.45, 7) is 4.36. The maximum absolute atomic E-state index is 13.4. The van der Waals surface area contributed by atoms with E-state index < -0.39 is 0 Å². The van der Waals surface area contributed by atoms with Gasteiger partial charge in [0.15, 0.2) is 17.3 Å². The van der Waals surface area contributed by atoms with E-state index in [1.54, 1.807) is 35.1 Å². The van der Waals surface area contributed by atoms with Crippen LogP contribution in [0.3, 0.4) is 0 Å². The number of hydrogen-bond acceptors (Lipinski definition) is 6. The fourth-order valence-electron chi connectivity index (χ4n) is 4.91. The Morgan fingerprint density at radius 2 is 1.89 bits per heavy atom. The summed E-state index contributed by atoms with van der Waals surface area (Å²) in [4.78, 5) is 22.8. The van der Waals surface area contributed by atoms with Crippen molar-refractivity contribution in [2.75, 3.05) is 0 Å². The van der Waals surface area contributed by atoms with E-state index in [1.807, 2.05) is 30.3 Å². The number of rotatable bonds is 4. The molecule has 1 aliphatic carbocycles. The molecule has 0 radical (unpaired) electrons. The van der Waals surface area contributed by atoms with Gasteiger partial charge < -0.3 is 9.47 Å². The van der Waals surface area contributed by atoms with Crippen molar-refractivity contribution in [3.8, 4) is 11.6 Å². The van der Waals surface area contributed by atoms with E-state index in [0.29, 0.717) is 52.3 Å². The number of ether oxygens (including phenoxy) is 2. The quantitative estimate of drug-likeness (QED) is 0.377. The van der Waals surface area contributed by atoms with Gasteiger partial charge in [-0.1, -0.05) is 55.8 Å². The molecule has 0 spiro atoms. The number of allylic oxidation sites excluding steroid dienone is 2. The van der Waals surface area contributed by atoms with Crippen LogP contribution < -0.4 is 9.47 Å². The van der Waals surface area contributed by atoms with Gasteiger partial charge in [-0.25, -0.2) is 14.5 Å². The van der Waals surface area contributed by atoms with Crippen LogP contribution in [0, 0.1) is 5.41 Å². The lowest BCUT2D eigenvalue weighted by Crippen LogP contribution is -2.33. The first-order chi connectivity index (χ1) is 16.9. The van der Waals surface area contributed by atoms with Crippen LogP contribution in [0.15, 0.2) is 72.3 Å². The van der Waals surface area contributed by atoms with Gasteiger partial charge in [-0.3, -0.25) is 4.79 Å². The molecule has 4 aromatic rings. The first-order valence-corrected chi connectivity index (χ1v) is 11.9. The predicted octanol–water partition coefficient (Wildman–Crippen LogP) is 5.52. The Morgan fingerprint density at radius 3 is 2.66 bits per heavy atom. The summed E-state index contributed by atoms with van der Waals surface area (Å²) in [5.41, 5.74) is 2.87. The maximum Gasteiger partial charge on any atom is 0.228 e. The van der Waals surface area contributed by atoms with Gasteiger partial charge in [0.25, 0.3) is 0 Å². The largest absolute Gasteiger partial charge is 0.486 e. The molecule has 0 amide bonds. The summed E-state index contributed by atoms with van der Waals surface area (Å²) < 4.78 is 13.7. The van der Waals surface area contributed by atoms with Gasteiger partial charge in [0.2, 0.25) is 5.88 Å². The fraction of sp³-hybridized carbons (Fsp3) is 0.259. The molecule has 3 heterocycles. The summed E-state index contributed by atoms with van der Waals surface area (Å²) in [6, 6.07) is 17.1. The number of benzene rings is 2. The first kappa shape index (κ1) is 21.8. The van der Waals surface area contributed by atoms with Gasteiger partial charge in [-0.05, 0) is 35.2 Å². The number of nitrogens with zero attached hydrogens (tertiary/aromatic N) is 4. The number of aromatic nitrogens is 4. The lowest BCUT2D eigenvalue weighted by molar-refractivity contribution is -0.118. The van der Waals surface area contributed by atoms with Gasteiger partial charge >= 0.3 is 0 Å². The van der Waals surface area contributed by atoms with Gasteiger partial charge in [-0.2, -0.15) is 0 Å². The maximum atomic E-state index is 13.4. The first-order valence-electron chi connectivity index (χ1n) is 11.5. The highest BCUT2D eigenvalue weighted by Crippen LogP contribution is 2.50. The Balaban J connectivity index is 1.45. The third kappa shape index (κ3) is 3.96. The Labute approximate surface area is 207 Å². The standard InChI is InChI=1S/C27H23ClN4O3/c1-27(2)12-19(33)23-20(13-27)35-26-24(22(23)16-6-4-3-5-7-16)25-30-21(31-32(25)15-29-26)14-34-18-10-8-17(28)9-11-18/h3-11,15,22H,12-14H2,1-2H3/t22-/m0/s1. The summed E-state index contributed by atoms with van der Waals surface area (Å²) in [6.07, 6.45) is 2.74. The molecule has 1 aliphatic heterocycles. The van der Waals surface area contributed by atoms with E-state index in [2.05, 4.69) is 23.9 Å². The van der Waals surface area contributed by atoms with E-state index in [0.717, 1.165) is 11.1 Å². The molecule has 2 aromatic carbocycles. The van der Waals surface area contributed by atoms with Gasteiger partial charge in [0, 0.05) is 29.4 Å². The van der Waals surface area contributed by atoms with Crippen molar-refractivity contribution in [1.29, 1.82) is 0 Å². The topological polar surface area (TPSA) is 78.6 Å². The Kier molecular flexibility index (Phi) is 5.11. The van der Waals surface area contributed by atoms with Crippen LogP contribution in [-0.4, -0.2) is 25.4 Å². The Bertz CT molecular complexity index is 1480. The van der Waals surface area contributed by atoms with Crippen LogP contribution in [0.4, 0.5) is 0 Å². The molecule has 8 heteroatoms. The molecule has 0 N–H and O–H groups in total. The van der Waals surface area contributed by atoms with Crippen molar-refractivity contribution in [2.45, 2.75) is 39.2 Å². The molecule has 6 rings (SSSR count). The molecule has 176 valence electrons. The van der Waals surface area contributed by atoms with Crippen molar-refractivity contribution in [2.24, 2.45) is 5.41 Å². The van der Waals surface area contributed by atoms with Crippen LogP contribution in [0.5, 0.6) is 11.6 Å². The average molecular weight is 487 g/mol. The second-order valence-corrected chi connectivity index (χ2v) is 10.2. The minimum absolute atomic E-state index is 0.101. The SMILES string of the molecule is CC1(C)CC(=O)C2=C(C1)Oc1ncn3nc(COc4ccc(Cl)cc4)nc3c1[C@H]2c1ccccc1. The van der Waals surface area contributed by atoms with Gasteiger partial charge in [0.1, 0.15) is 24.4 Å². The second kappa shape index (κ2) is 8.20. The van der Waals surface area contributed by atoms with Crippen molar-refractivity contribution in [3.05, 3.63) is 94.2 Å². The lowest BCUT2D eigenvalue weighted by atomic mass is 9.70. The molecule has 1 atom stereocenters. The van der Waals surface area contributed by atoms with Crippen LogP contribution in [0.25, 0.3) is 5.65 Å². The average Bonchev–Trinajstić information content (AvgIpc) is 3.25. The van der Waals surface area contributed by atoms with Crippen LogP contribution in [0.1, 0.15) is 49.6 Å². The molecule has 0 bridgehead atoms. The van der Waals surface area contributed by atoms with Gasteiger partial charge in [-0.15, -0.1) is 5.10 Å². The van der Waals surface area contributed by atoms with Crippen molar-refractivity contribution in [1.82, 2.24) is 19.6 Å². The summed E-state index contributed by atoms with van der Waals surface area (Å²) in [5.74, 6) is 2.11. The zero-order valence-electron chi connectivity index (χ0n) is 19.4. The second-order valence-electron chi connectivity index (χ2n) is 9.73. The molecule has 35 heavy (non-hydrogen) atoms.